The van der Waals surface area contributed by atoms with Crippen molar-refractivity contribution in [3.63, 3.8) is 0 Å². The first-order valence-corrected chi connectivity index (χ1v) is 5.27. The number of anilines is 1. The average Bonchev–Trinajstić information content (AvgIpc) is 2.39. The molecule has 0 fully saturated rings. The number of hydrogen-bond donors (Lipinski definition) is 1. The zero-order chi connectivity index (χ0) is 12.1. The molecule has 2 heterocycles. The van der Waals surface area contributed by atoms with E-state index >= 15 is 0 Å². The zero-order valence-corrected chi connectivity index (χ0v) is 9.55. The second-order valence-electron chi connectivity index (χ2n) is 3.30. The molecule has 2 rings (SSSR count). The predicted octanol–water partition coefficient (Wildman–Crippen LogP) is 1.95. The Hall–Kier alpha value is -2.01. The second kappa shape index (κ2) is 5.36. The van der Waals surface area contributed by atoms with Crippen LogP contribution in [-0.4, -0.2) is 21.2 Å². The van der Waals surface area contributed by atoms with Crippen molar-refractivity contribution < 1.29 is 4.79 Å². The van der Waals surface area contributed by atoms with Crippen molar-refractivity contribution in [2.75, 3.05) is 5.32 Å². The number of aromatic nitrogens is 3. The number of halogens is 1. The average molecular weight is 249 g/mol. The van der Waals surface area contributed by atoms with Crippen LogP contribution >= 0.6 is 11.6 Å². The summed E-state index contributed by atoms with van der Waals surface area (Å²) in [5, 5.41) is 3.47. The first-order valence-electron chi connectivity index (χ1n) is 4.89. The quantitative estimate of drug-likeness (QED) is 0.662. The van der Waals surface area contributed by atoms with Gasteiger partial charge in [-0.1, -0.05) is 17.7 Å². The van der Waals surface area contributed by atoms with Crippen LogP contribution in [0.15, 0.2) is 30.7 Å². The van der Waals surface area contributed by atoms with Crippen molar-refractivity contribution in [2.45, 2.75) is 6.54 Å². The lowest BCUT2D eigenvalue weighted by molar-refractivity contribution is 0.112. The Morgan fingerprint density at radius 1 is 1.18 bits per heavy atom. The SMILES string of the molecule is O=Cc1cnc(NCc2ccc(Cl)nc2)nc1. The number of pyridine rings is 1. The fourth-order valence-corrected chi connectivity index (χ4v) is 1.29. The Labute approximate surface area is 103 Å². The van der Waals surface area contributed by atoms with Gasteiger partial charge < -0.3 is 5.32 Å². The highest BCUT2D eigenvalue weighted by Crippen LogP contribution is 2.07. The van der Waals surface area contributed by atoms with E-state index in [4.69, 9.17) is 11.6 Å². The highest BCUT2D eigenvalue weighted by molar-refractivity contribution is 6.29. The van der Waals surface area contributed by atoms with Gasteiger partial charge in [-0.2, -0.15) is 0 Å². The Bertz CT molecular complexity index is 498. The van der Waals surface area contributed by atoms with E-state index in [1.165, 1.54) is 12.4 Å². The predicted molar refractivity (Wildman–Crippen MR) is 64.0 cm³/mol. The fourth-order valence-electron chi connectivity index (χ4n) is 1.18. The molecule has 86 valence electrons. The maximum atomic E-state index is 10.4. The first-order chi connectivity index (χ1) is 8.28. The van der Waals surface area contributed by atoms with Crippen molar-refractivity contribution in [1.29, 1.82) is 0 Å². The van der Waals surface area contributed by atoms with Crippen LogP contribution in [0.4, 0.5) is 5.95 Å². The van der Waals surface area contributed by atoms with Gasteiger partial charge in [0.15, 0.2) is 6.29 Å². The van der Waals surface area contributed by atoms with Crippen LogP contribution in [0.5, 0.6) is 0 Å². The molecule has 2 aromatic rings. The molecule has 0 saturated carbocycles. The van der Waals surface area contributed by atoms with Gasteiger partial charge in [0.25, 0.3) is 0 Å². The van der Waals surface area contributed by atoms with E-state index in [2.05, 4.69) is 20.3 Å². The molecular weight excluding hydrogens is 240 g/mol. The van der Waals surface area contributed by atoms with Crippen molar-refractivity contribution in [3.8, 4) is 0 Å². The number of carbonyl (C=O) groups is 1. The molecular formula is C11H9ClN4O. The van der Waals surface area contributed by atoms with Gasteiger partial charge in [0, 0.05) is 25.1 Å². The molecule has 0 amide bonds. The summed E-state index contributed by atoms with van der Waals surface area (Å²) < 4.78 is 0. The fraction of sp³-hybridized carbons (Fsp3) is 0.0909. The molecule has 0 aliphatic carbocycles. The summed E-state index contributed by atoms with van der Waals surface area (Å²) >= 11 is 5.67. The van der Waals surface area contributed by atoms with E-state index in [0.29, 0.717) is 29.5 Å². The van der Waals surface area contributed by atoms with E-state index in [-0.39, 0.29) is 0 Å². The molecule has 0 aliphatic heterocycles. The smallest absolute Gasteiger partial charge is 0.222 e. The summed E-state index contributed by atoms with van der Waals surface area (Å²) in [4.78, 5) is 22.3. The van der Waals surface area contributed by atoms with Gasteiger partial charge in [0.1, 0.15) is 5.15 Å². The van der Waals surface area contributed by atoms with Gasteiger partial charge in [0.2, 0.25) is 5.95 Å². The third kappa shape index (κ3) is 3.22. The Morgan fingerprint density at radius 2 is 1.94 bits per heavy atom. The van der Waals surface area contributed by atoms with Crippen molar-refractivity contribution in [3.05, 3.63) is 47.0 Å². The summed E-state index contributed by atoms with van der Waals surface area (Å²) in [6, 6.07) is 3.58. The van der Waals surface area contributed by atoms with Crippen LogP contribution in [0.2, 0.25) is 5.15 Å². The molecule has 0 aromatic carbocycles. The lowest BCUT2D eigenvalue weighted by Crippen LogP contribution is -2.04. The van der Waals surface area contributed by atoms with Gasteiger partial charge in [-0.05, 0) is 11.6 Å². The third-order valence-electron chi connectivity index (χ3n) is 2.05. The van der Waals surface area contributed by atoms with Crippen molar-refractivity contribution in [2.24, 2.45) is 0 Å². The molecule has 1 N–H and O–H groups in total. The molecule has 6 heteroatoms. The summed E-state index contributed by atoms with van der Waals surface area (Å²) in [5.74, 6) is 0.463. The molecule has 0 bridgehead atoms. The molecule has 0 aliphatic rings. The van der Waals surface area contributed by atoms with Crippen LogP contribution in [0.1, 0.15) is 15.9 Å². The molecule has 0 saturated heterocycles. The van der Waals surface area contributed by atoms with Gasteiger partial charge in [-0.15, -0.1) is 0 Å². The normalized spacial score (nSPS) is 9.94. The zero-order valence-electron chi connectivity index (χ0n) is 8.80. The molecule has 17 heavy (non-hydrogen) atoms. The van der Waals surface area contributed by atoms with E-state index in [1.807, 2.05) is 6.07 Å². The van der Waals surface area contributed by atoms with Crippen LogP contribution in [0, 0.1) is 0 Å². The molecule has 0 spiro atoms. The van der Waals surface area contributed by atoms with Gasteiger partial charge in [-0.25, -0.2) is 15.0 Å². The van der Waals surface area contributed by atoms with Crippen LogP contribution in [-0.2, 0) is 6.54 Å². The number of carbonyl (C=O) groups excluding carboxylic acids is 1. The maximum absolute atomic E-state index is 10.4. The summed E-state index contributed by atoms with van der Waals surface area (Å²) in [6.45, 7) is 0.546. The summed E-state index contributed by atoms with van der Waals surface area (Å²) in [6.07, 6.45) is 5.30. The summed E-state index contributed by atoms with van der Waals surface area (Å²) in [5.41, 5.74) is 1.42. The topological polar surface area (TPSA) is 67.8 Å². The minimum Gasteiger partial charge on any atom is -0.350 e. The van der Waals surface area contributed by atoms with Gasteiger partial charge >= 0.3 is 0 Å². The molecule has 0 atom stereocenters. The van der Waals surface area contributed by atoms with Crippen LogP contribution in [0.25, 0.3) is 0 Å². The number of nitrogens with one attached hydrogen (secondary N) is 1. The molecule has 5 nitrogen and oxygen atoms in total. The highest BCUT2D eigenvalue weighted by atomic mass is 35.5. The van der Waals surface area contributed by atoms with E-state index in [1.54, 1.807) is 12.3 Å². The monoisotopic (exact) mass is 248 g/mol. The van der Waals surface area contributed by atoms with Crippen molar-refractivity contribution >= 4 is 23.8 Å². The first kappa shape index (κ1) is 11.5. The number of hydrogen-bond acceptors (Lipinski definition) is 5. The maximum Gasteiger partial charge on any atom is 0.222 e. The largest absolute Gasteiger partial charge is 0.350 e. The van der Waals surface area contributed by atoms with E-state index in [0.717, 1.165) is 5.56 Å². The highest BCUT2D eigenvalue weighted by Gasteiger charge is 1.98. The Morgan fingerprint density at radius 3 is 2.53 bits per heavy atom. The Kier molecular flexibility index (Phi) is 3.62. The second-order valence-corrected chi connectivity index (χ2v) is 3.69. The van der Waals surface area contributed by atoms with Crippen molar-refractivity contribution in [1.82, 2.24) is 15.0 Å². The van der Waals surface area contributed by atoms with Crippen LogP contribution in [0.3, 0.4) is 0 Å². The lowest BCUT2D eigenvalue weighted by atomic mass is 10.3. The minimum absolute atomic E-state index is 0.448. The van der Waals surface area contributed by atoms with Crippen LogP contribution < -0.4 is 5.32 Å². The van der Waals surface area contributed by atoms with Gasteiger partial charge in [-0.3, -0.25) is 4.79 Å². The van der Waals surface area contributed by atoms with E-state index < -0.39 is 0 Å². The molecule has 0 unspecified atom stereocenters. The number of nitrogens with zero attached hydrogens (tertiary/aromatic N) is 3. The molecule has 0 radical (unpaired) electrons. The van der Waals surface area contributed by atoms with E-state index in [9.17, 15) is 4.79 Å². The number of aldehydes is 1. The molecule has 2 aromatic heterocycles. The lowest BCUT2D eigenvalue weighted by Gasteiger charge is -2.04. The Balaban J connectivity index is 1.97. The summed E-state index contributed by atoms with van der Waals surface area (Å²) in [7, 11) is 0. The minimum atomic E-state index is 0.448. The number of rotatable bonds is 4. The third-order valence-corrected chi connectivity index (χ3v) is 2.27. The standard InChI is InChI=1S/C11H9ClN4O/c12-10-2-1-8(3-13-10)4-14-11-15-5-9(7-17)6-16-11/h1-3,5-7H,4H2,(H,14,15,16). The van der Waals surface area contributed by atoms with Gasteiger partial charge in [0.05, 0.1) is 5.56 Å².